The lowest BCUT2D eigenvalue weighted by Gasteiger charge is -2.27. The molecule has 5 rings (SSSR count). The van der Waals surface area contributed by atoms with Gasteiger partial charge < -0.3 is 14.6 Å². The molecule has 2 unspecified atom stereocenters. The van der Waals surface area contributed by atoms with Gasteiger partial charge in [-0.3, -0.25) is 4.79 Å². The predicted molar refractivity (Wildman–Crippen MR) is 134 cm³/mol. The molecule has 1 aliphatic rings. The first-order chi connectivity index (χ1) is 16.6. The summed E-state index contributed by atoms with van der Waals surface area (Å²) in [6, 6.07) is 28.2. The van der Waals surface area contributed by atoms with Crippen LogP contribution in [0, 0.1) is 0 Å². The molecule has 4 aromatic rings. The molecule has 4 heteroatoms. The number of carbonyl (C=O) groups excluding carboxylic acids is 1. The van der Waals surface area contributed by atoms with Crippen molar-refractivity contribution in [3.8, 4) is 16.9 Å². The molecule has 0 amide bonds. The molecular formula is C30H28O4. The highest BCUT2D eigenvalue weighted by Crippen LogP contribution is 2.33. The Bertz CT molecular complexity index is 1310. The summed E-state index contributed by atoms with van der Waals surface area (Å²) in [5.41, 5.74) is 4.92. The molecule has 172 valence electrons. The van der Waals surface area contributed by atoms with Gasteiger partial charge in [-0.2, -0.15) is 0 Å². The molecule has 4 nitrogen and oxygen atoms in total. The Morgan fingerprint density at radius 3 is 2.65 bits per heavy atom. The fourth-order valence-corrected chi connectivity index (χ4v) is 4.56. The van der Waals surface area contributed by atoms with Gasteiger partial charge in [0.2, 0.25) is 0 Å². The fraction of sp³-hybridized carbons (Fsp3) is 0.233. The van der Waals surface area contributed by atoms with Crippen molar-refractivity contribution in [3.05, 3.63) is 102 Å². The Kier molecular flexibility index (Phi) is 6.43. The normalized spacial score (nSPS) is 18.1. The van der Waals surface area contributed by atoms with Crippen LogP contribution in [-0.2, 0) is 11.3 Å². The summed E-state index contributed by atoms with van der Waals surface area (Å²) in [5.74, 6) is 0.791. The van der Waals surface area contributed by atoms with Crippen LogP contribution < -0.4 is 4.74 Å². The molecule has 1 heterocycles. The second-order valence-corrected chi connectivity index (χ2v) is 8.90. The summed E-state index contributed by atoms with van der Waals surface area (Å²) < 4.78 is 12.0. The van der Waals surface area contributed by atoms with E-state index in [1.54, 1.807) is 6.92 Å². The third-order valence-corrected chi connectivity index (χ3v) is 6.40. The fourth-order valence-electron chi connectivity index (χ4n) is 4.56. The van der Waals surface area contributed by atoms with Crippen molar-refractivity contribution >= 4 is 16.6 Å². The smallest absolute Gasteiger partial charge is 0.159 e. The average molecular weight is 453 g/mol. The second-order valence-electron chi connectivity index (χ2n) is 8.90. The first-order valence-corrected chi connectivity index (χ1v) is 11.7. The number of hydrogen-bond donors (Lipinski definition) is 1. The minimum Gasteiger partial charge on any atom is -0.489 e. The van der Waals surface area contributed by atoms with E-state index in [2.05, 4.69) is 24.3 Å². The minimum absolute atomic E-state index is 0.0391. The maximum atomic E-state index is 12.2. The van der Waals surface area contributed by atoms with Crippen LogP contribution >= 0.6 is 0 Å². The third-order valence-electron chi connectivity index (χ3n) is 6.40. The molecule has 1 aliphatic heterocycles. The third kappa shape index (κ3) is 4.89. The molecular weight excluding hydrogens is 424 g/mol. The van der Waals surface area contributed by atoms with Crippen LogP contribution in [0.1, 0.15) is 47.4 Å². The highest BCUT2D eigenvalue weighted by molar-refractivity contribution is 6.05. The standard InChI is InChI=1S/C30H28O4/c1-20(31)24-15-25-16-27(10-11-28(25)29(17-24)22-7-3-2-4-8-22)34-19-21-6-5-9-23(14-21)30-18-26(32)12-13-33-30/h2-11,14-17,26,30,32H,12-13,18-19H2,1H3. The molecule has 2 atom stereocenters. The zero-order valence-electron chi connectivity index (χ0n) is 19.2. The summed E-state index contributed by atoms with van der Waals surface area (Å²) in [7, 11) is 0. The number of Topliss-reactive ketones (excluding diaryl/α,β-unsaturated/α-hetero) is 1. The molecule has 1 fully saturated rings. The molecule has 0 spiro atoms. The van der Waals surface area contributed by atoms with E-state index in [1.165, 1.54) is 0 Å². The maximum Gasteiger partial charge on any atom is 0.159 e. The Morgan fingerprint density at radius 1 is 1.00 bits per heavy atom. The second kappa shape index (κ2) is 9.80. The summed E-state index contributed by atoms with van der Waals surface area (Å²) >= 11 is 0. The van der Waals surface area contributed by atoms with Gasteiger partial charge in [0.25, 0.3) is 0 Å². The van der Waals surface area contributed by atoms with Crippen molar-refractivity contribution in [2.75, 3.05) is 6.61 Å². The van der Waals surface area contributed by atoms with E-state index in [0.717, 1.165) is 38.8 Å². The molecule has 0 bridgehead atoms. The van der Waals surface area contributed by atoms with Gasteiger partial charge in [-0.15, -0.1) is 0 Å². The molecule has 4 aromatic carbocycles. The first kappa shape index (κ1) is 22.3. The number of benzene rings is 4. The van der Waals surface area contributed by atoms with Gasteiger partial charge in [-0.1, -0.05) is 54.6 Å². The Morgan fingerprint density at radius 2 is 1.85 bits per heavy atom. The van der Waals surface area contributed by atoms with Crippen molar-refractivity contribution in [2.24, 2.45) is 0 Å². The van der Waals surface area contributed by atoms with Gasteiger partial charge in [-0.05, 0) is 76.7 Å². The van der Waals surface area contributed by atoms with Crippen molar-refractivity contribution in [2.45, 2.75) is 38.6 Å². The number of carbonyl (C=O) groups is 1. The minimum atomic E-state index is -0.308. The maximum absolute atomic E-state index is 12.2. The number of ketones is 1. The lowest BCUT2D eigenvalue weighted by atomic mass is 9.94. The van der Waals surface area contributed by atoms with Crippen molar-refractivity contribution in [1.29, 1.82) is 0 Å². The van der Waals surface area contributed by atoms with Crippen LogP contribution in [0.2, 0.25) is 0 Å². The highest BCUT2D eigenvalue weighted by Gasteiger charge is 2.22. The number of aliphatic hydroxyl groups excluding tert-OH is 1. The van der Waals surface area contributed by atoms with Gasteiger partial charge in [0, 0.05) is 18.6 Å². The van der Waals surface area contributed by atoms with E-state index in [9.17, 15) is 9.90 Å². The Labute approximate surface area is 199 Å². The summed E-state index contributed by atoms with van der Waals surface area (Å²) in [6.45, 7) is 2.60. The average Bonchev–Trinajstić information content (AvgIpc) is 2.87. The summed E-state index contributed by atoms with van der Waals surface area (Å²) in [4.78, 5) is 12.2. The Balaban J connectivity index is 1.40. The SMILES string of the molecule is CC(=O)c1cc(-c2ccccc2)c2ccc(OCc3cccc(C4CC(O)CCO4)c3)cc2c1. The number of rotatable bonds is 6. The number of aliphatic hydroxyl groups is 1. The quantitative estimate of drug-likeness (QED) is 0.339. The molecule has 1 N–H and O–H groups in total. The van der Waals surface area contributed by atoms with Gasteiger partial charge in [0.05, 0.1) is 12.2 Å². The van der Waals surface area contributed by atoms with Gasteiger partial charge in [0.1, 0.15) is 12.4 Å². The van der Waals surface area contributed by atoms with E-state index in [-0.39, 0.29) is 18.0 Å². The zero-order valence-corrected chi connectivity index (χ0v) is 19.2. The first-order valence-electron chi connectivity index (χ1n) is 11.7. The number of ether oxygens (including phenoxy) is 2. The van der Waals surface area contributed by atoms with Crippen LogP contribution in [0.25, 0.3) is 21.9 Å². The van der Waals surface area contributed by atoms with Crippen molar-refractivity contribution < 1.29 is 19.4 Å². The van der Waals surface area contributed by atoms with E-state index in [1.807, 2.05) is 60.7 Å². The summed E-state index contributed by atoms with van der Waals surface area (Å²) in [5, 5.41) is 12.0. The zero-order chi connectivity index (χ0) is 23.5. The number of hydrogen-bond acceptors (Lipinski definition) is 4. The monoisotopic (exact) mass is 452 g/mol. The van der Waals surface area contributed by atoms with Gasteiger partial charge in [-0.25, -0.2) is 0 Å². The van der Waals surface area contributed by atoms with Crippen LogP contribution in [0.15, 0.2) is 84.9 Å². The molecule has 1 saturated heterocycles. The van der Waals surface area contributed by atoms with Gasteiger partial charge in [0.15, 0.2) is 5.78 Å². The van der Waals surface area contributed by atoms with E-state index in [0.29, 0.717) is 31.6 Å². The van der Waals surface area contributed by atoms with E-state index in [4.69, 9.17) is 9.47 Å². The largest absolute Gasteiger partial charge is 0.489 e. The van der Waals surface area contributed by atoms with Crippen LogP contribution in [0.5, 0.6) is 5.75 Å². The molecule has 0 radical (unpaired) electrons. The molecule has 0 saturated carbocycles. The lowest BCUT2D eigenvalue weighted by Crippen LogP contribution is -2.23. The Hall–Kier alpha value is -3.47. The van der Waals surface area contributed by atoms with Crippen LogP contribution in [0.4, 0.5) is 0 Å². The number of fused-ring (bicyclic) bond motifs is 1. The topological polar surface area (TPSA) is 55.8 Å². The van der Waals surface area contributed by atoms with Crippen molar-refractivity contribution in [1.82, 2.24) is 0 Å². The summed E-state index contributed by atoms with van der Waals surface area (Å²) in [6.07, 6.45) is 0.929. The predicted octanol–water partition coefficient (Wildman–Crippen LogP) is 6.50. The van der Waals surface area contributed by atoms with Crippen LogP contribution in [0.3, 0.4) is 0 Å². The van der Waals surface area contributed by atoms with Gasteiger partial charge >= 0.3 is 0 Å². The molecule has 0 aliphatic carbocycles. The van der Waals surface area contributed by atoms with Crippen LogP contribution in [-0.4, -0.2) is 23.6 Å². The molecule has 0 aromatic heterocycles. The van der Waals surface area contributed by atoms with E-state index < -0.39 is 0 Å². The molecule has 34 heavy (non-hydrogen) atoms. The van der Waals surface area contributed by atoms with Crippen molar-refractivity contribution in [3.63, 3.8) is 0 Å². The highest BCUT2D eigenvalue weighted by atomic mass is 16.5. The van der Waals surface area contributed by atoms with E-state index >= 15 is 0 Å². The lowest BCUT2D eigenvalue weighted by molar-refractivity contribution is -0.0448.